The molecule has 0 fully saturated rings. The number of hydrogen-bond donors (Lipinski definition) is 1. The van der Waals surface area contributed by atoms with Crippen LogP contribution in [0.15, 0.2) is 36.4 Å². The van der Waals surface area contributed by atoms with Crippen LogP contribution in [0.1, 0.15) is 22.3 Å². The van der Waals surface area contributed by atoms with Crippen molar-refractivity contribution in [3.05, 3.63) is 58.4 Å². The van der Waals surface area contributed by atoms with Gasteiger partial charge < -0.3 is 14.8 Å². The number of halogens is 2. The molecule has 4 nitrogen and oxygen atoms in total. The molecule has 0 spiro atoms. The molecule has 0 saturated carbocycles. The van der Waals surface area contributed by atoms with Crippen molar-refractivity contribution < 1.29 is 18.7 Å². The van der Waals surface area contributed by atoms with E-state index in [1.54, 1.807) is 18.2 Å². The Bertz CT molecular complexity index is 736. The van der Waals surface area contributed by atoms with Crippen LogP contribution in [0, 0.1) is 5.82 Å². The van der Waals surface area contributed by atoms with Crippen LogP contribution in [0.2, 0.25) is 5.02 Å². The molecular weight excluding hydrogens is 321 g/mol. The van der Waals surface area contributed by atoms with Crippen LogP contribution in [-0.2, 0) is 6.54 Å². The van der Waals surface area contributed by atoms with Gasteiger partial charge in [-0.3, -0.25) is 4.79 Å². The highest BCUT2D eigenvalue weighted by Gasteiger charge is 2.16. The third-order valence-corrected chi connectivity index (χ3v) is 3.68. The predicted molar refractivity (Wildman–Crippen MR) is 84.6 cm³/mol. The van der Waals surface area contributed by atoms with Gasteiger partial charge in [0.25, 0.3) is 5.91 Å². The van der Waals surface area contributed by atoms with E-state index in [0.29, 0.717) is 29.7 Å². The van der Waals surface area contributed by atoms with Crippen molar-refractivity contribution in [2.45, 2.75) is 13.0 Å². The molecule has 0 unspecified atom stereocenters. The van der Waals surface area contributed by atoms with Crippen molar-refractivity contribution in [2.24, 2.45) is 0 Å². The highest BCUT2D eigenvalue weighted by molar-refractivity contribution is 6.32. The number of ether oxygens (including phenoxy) is 2. The molecule has 3 rings (SSSR count). The second-order valence-corrected chi connectivity index (χ2v) is 5.56. The minimum absolute atomic E-state index is 0.256. The van der Waals surface area contributed by atoms with Gasteiger partial charge in [0.05, 0.1) is 18.2 Å². The molecule has 0 saturated heterocycles. The maximum absolute atomic E-state index is 13.1. The largest absolute Gasteiger partial charge is 0.489 e. The lowest BCUT2D eigenvalue weighted by atomic mass is 10.1. The van der Waals surface area contributed by atoms with Crippen LogP contribution in [0.25, 0.3) is 0 Å². The summed E-state index contributed by atoms with van der Waals surface area (Å²) in [5.74, 6) is 0.304. The molecule has 0 atom stereocenters. The Labute approximate surface area is 138 Å². The number of carbonyl (C=O) groups excluding carboxylic acids is 1. The van der Waals surface area contributed by atoms with E-state index in [1.807, 2.05) is 0 Å². The van der Waals surface area contributed by atoms with E-state index < -0.39 is 5.82 Å². The molecule has 0 aliphatic carbocycles. The quantitative estimate of drug-likeness (QED) is 0.932. The van der Waals surface area contributed by atoms with E-state index in [2.05, 4.69) is 5.32 Å². The summed E-state index contributed by atoms with van der Waals surface area (Å²) in [6.07, 6.45) is 0.788. The maximum atomic E-state index is 13.1. The molecule has 1 N–H and O–H groups in total. The minimum atomic E-state index is -0.448. The van der Waals surface area contributed by atoms with Gasteiger partial charge in [0, 0.05) is 18.5 Å². The van der Waals surface area contributed by atoms with E-state index in [4.69, 9.17) is 21.1 Å². The molecule has 1 heterocycles. The van der Waals surface area contributed by atoms with Gasteiger partial charge in [0.15, 0.2) is 11.5 Å². The standard InChI is InChI=1S/C17H15ClFNO3/c18-14-7-11(8-15-16(14)23-6-2-5-22-15)10-20-17(21)12-3-1-4-13(19)9-12/h1,3-4,7-9H,2,5-6,10H2,(H,20,21). The molecule has 1 amide bonds. The monoisotopic (exact) mass is 335 g/mol. The Kier molecular flexibility index (Phi) is 4.67. The first-order chi connectivity index (χ1) is 11.1. The molecule has 120 valence electrons. The van der Waals surface area contributed by atoms with Gasteiger partial charge in [-0.25, -0.2) is 4.39 Å². The number of benzene rings is 2. The third-order valence-electron chi connectivity index (χ3n) is 3.40. The minimum Gasteiger partial charge on any atom is -0.489 e. The van der Waals surface area contributed by atoms with Crippen molar-refractivity contribution in [3.8, 4) is 11.5 Å². The zero-order valence-electron chi connectivity index (χ0n) is 12.3. The first-order valence-corrected chi connectivity index (χ1v) is 7.63. The Morgan fingerprint density at radius 1 is 1.22 bits per heavy atom. The zero-order valence-corrected chi connectivity index (χ0v) is 13.0. The van der Waals surface area contributed by atoms with Crippen LogP contribution in [0.5, 0.6) is 11.5 Å². The van der Waals surface area contributed by atoms with Gasteiger partial charge in [-0.15, -0.1) is 0 Å². The van der Waals surface area contributed by atoms with Crippen LogP contribution in [0.4, 0.5) is 4.39 Å². The lowest BCUT2D eigenvalue weighted by Gasteiger charge is -2.12. The summed E-state index contributed by atoms with van der Waals surface area (Å²) in [6.45, 7) is 1.37. The number of fused-ring (bicyclic) bond motifs is 1. The zero-order chi connectivity index (χ0) is 16.2. The van der Waals surface area contributed by atoms with Crippen molar-refractivity contribution >= 4 is 17.5 Å². The second-order valence-electron chi connectivity index (χ2n) is 5.15. The first-order valence-electron chi connectivity index (χ1n) is 7.25. The topological polar surface area (TPSA) is 47.6 Å². The molecule has 1 aliphatic rings. The summed E-state index contributed by atoms with van der Waals surface area (Å²) in [6, 6.07) is 9.05. The first kappa shape index (κ1) is 15.6. The molecule has 2 aromatic carbocycles. The summed E-state index contributed by atoms with van der Waals surface area (Å²) in [5.41, 5.74) is 1.05. The average Bonchev–Trinajstić information content (AvgIpc) is 2.78. The van der Waals surface area contributed by atoms with Crippen LogP contribution >= 0.6 is 11.6 Å². The van der Waals surface area contributed by atoms with Crippen LogP contribution < -0.4 is 14.8 Å². The number of amides is 1. The van der Waals surface area contributed by atoms with E-state index >= 15 is 0 Å². The van der Waals surface area contributed by atoms with E-state index in [-0.39, 0.29) is 18.0 Å². The number of rotatable bonds is 3. The van der Waals surface area contributed by atoms with Gasteiger partial charge in [-0.1, -0.05) is 17.7 Å². The smallest absolute Gasteiger partial charge is 0.251 e. The van der Waals surface area contributed by atoms with Crippen molar-refractivity contribution in [3.63, 3.8) is 0 Å². The molecule has 23 heavy (non-hydrogen) atoms. The van der Waals surface area contributed by atoms with Gasteiger partial charge in [-0.05, 0) is 35.9 Å². The Balaban J connectivity index is 1.72. The van der Waals surface area contributed by atoms with Gasteiger partial charge >= 0.3 is 0 Å². The van der Waals surface area contributed by atoms with E-state index in [1.165, 1.54) is 18.2 Å². The summed E-state index contributed by atoms with van der Waals surface area (Å²) in [5, 5.41) is 3.18. The van der Waals surface area contributed by atoms with E-state index in [9.17, 15) is 9.18 Å². The normalized spacial score (nSPS) is 13.3. The predicted octanol–water partition coefficient (Wildman–Crippen LogP) is 3.57. The number of hydrogen-bond acceptors (Lipinski definition) is 3. The molecule has 0 bridgehead atoms. The van der Waals surface area contributed by atoms with Crippen molar-refractivity contribution in [2.75, 3.05) is 13.2 Å². The summed E-state index contributed by atoms with van der Waals surface area (Å²) >= 11 is 6.21. The van der Waals surface area contributed by atoms with E-state index in [0.717, 1.165) is 12.0 Å². The maximum Gasteiger partial charge on any atom is 0.251 e. The lowest BCUT2D eigenvalue weighted by molar-refractivity contribution is 0.0950. The lowest BCUT2D eigenvalue weighted by Crippen LogP contribution is -2.22. The van der Waals surface area contributed by atoms with Crippen molar-refractivity contribution in [1.29, 1.82) is 0 Å². The molecule has 6 heteroatoms. The van der Waals surface area contributed by atoms with Gasteiger partial charge in [-0.2, -0.15) is 0 Å². The van der Waals surface area contributed by atoms with Crippen molar-refractivity contribution in [1.82, 2.24) is 5.32 Å². The fraction of sp³-hybridized carbons (Fsp3) is 0.235. The Morgan fingerprint density at radius 2 is 2.04 bits per heavy atom. The highest BCUT2D eigenvalue weighted by atomic mass is 35.5. The Hall–Kier alpha value is -2.27. The SMILES string of the molecule is O=C(NCc1cc(Cl)c2c(c1)OCCCO2)c1cccc(F)c1. The third kappa shape index (κ3) is 3.74. The Morgan fingerprint density at radius 3 is 2.87 bits per heavy atom. The molecule has 0 radical (unpaired) electrons. The number of carbonyl (C=O) groups is 1. The number of nitrogens with one attached hydrogen (secondary N) is 1. The average molecular weight is 336 g/mol. The molecule has 1 aliphatic heterocycles. The van der Waals surface area contributed by atoms with Crippen LogP contribution in [-0.4, -0.2) is 19.1 Å². The summed E-state index contributed by atoms with van der Waals surface area (Å²) in [7, 11) is 0. The summed E-state index contributed by atoms with van der Waals surface area (Å²) in [4.78, 5) is 12.0. The van der Waals surface area contributed by atoms with Gasteiger partial charge in [0.1, 0.15) is 5.82 Å². The van der Waals surface area contributed by atoms with Crippen LogP contribution in [0.3, 0.4) is 0 Å². The molecular formula is C17H15ClFNO3. The highest BCUT2D eigenvalue weighted by Crippen LogP contribution is 2.37. The fourth-order valence-electron chi connectivity index (χ4n) is 2.30. The molecule has 2 aromatic rings. The fourth-order valence-corrected chi connectivity index (χ4v) is 2.59. The van der Waals surface area contributed by atoms with Gasteiger partial charge in [0.2, 0.25) is 0 Å². The summed E-state index contributed by atoms with van der Waals surface area (Å²) < 4.78 is 24.3. The second kappa shape index (κ2) is 6.87. The molecule has 0 aromatic heterocycles.